The Hall–Kier alpha value is -2.63. The van der Waals surface area contributed by atoms with Crippen molar-refractivity contribution in [1.82, 2.24) is 5.32 Å². The second-order valence-corrected chi connectivity index (χ2v) is 5.02. The molecule has 0 fully saturated rings. The van der Waals surface area contributed by atoms with E-state index < -0.39 is 5.97 Å². The Balaban J connectivity index is 1.87. The number of hydrogen-bond acceptors (Lipinski definition) is 3. The van der Waals surface area contributed by atoms with Crippen LogP contribution in [0.25, 0.3) is 0 Å². The Morgan fingerprint density at radius 2 is 2.09 bits per heavy atom. The first kappa shape index (κ1) is 15.8. The molecule has 116 valence electrons. The number of carbonyl (C=O) groups excluding carboxylic acids is 1. The minimum Gasteiger partial charge on any atom is -0.475 e. The van der Waals surface area contributed by atoms with Gasteiger partial charge in [-0.25, -0.2) is 9.18 Å². The summed E-state index contributed by atoms with van der Waals surface area (Å²) >= 11 is 0. The molecule has 2 rings (SSSR count). The molecule has 1 unspecified atom stereocenters. The lowest BCUT2D eigenvalue weighted by Crippen LogP contribution is -2.29. The van der Waals surface area contributed by atoms with E-state index in [1.807, 2.05) is 0 Å². The fraction of sp³-hybridized carbons (Fsp3) is 0.250. The number of carbonyl (C=O) groups is 2. The molecule has 1 aromatic carbocycles. The average Bonchev–Trinajstić information content (AvgIpc) is 2.93. The first-order chi connectivity index (χ1) is 10.5. The fourth-order valence-corrected chi connectivity index (χ4v) is 2.05. The highest BCUT2D eigenvalue weighted by Gasteiger charge is 2.15. The predicted molar refractivity (Wildman–Crippen MR) is 76.8 cm³/mol. The van der Waals surface area contributed by atoms with Gasteiger partial charge in [-0.2, -0.15) is 0 Å². The van der Waals surface area contributed by atoms with E-state index in [-0.39, 0.29) is 29.9 Å². The number of benzene rings is 1. The maximum Gasteiger partial charge on any atom is 0.371 e. The van der Waals surface area contributed by atoms with Crippen LogP contribution in [0.5, 0.6) is 0 Å². The minimum atomic E-state index is -1.16. The standard InChI is InChI=1S/C16H16FNO4/c1-10(7-11-3-2-4-12(17)8-11)15(19)18-9-13-5-6-14(22-13)16(20)21/h2-6,8,10H,7,9H2,1H3,(H,18,19)(H,20,21). The Morgan fingerprint density at radius 3 is 2.73 bits per heavy atom. The molecule has 0 saturated carbocycles. The van der Waals surface area contributed by atoms with Crippen molar-refractivity contribution in [3.63, 3.8) is 0 Å². The summed E-state index contributed by atoms with van der Waals surface area (Å²) in [6, 6.07) is 8.95. The minimum absolute atomic E-state index is 0.111. The Bertz CT molecular complexity index is 680. The second kappa shape index (κ2) is 6.89. The van der Waals surface area contributed by atoms with Crippen LogP contribution in [0.4, 0.5) is 4.39 Å². The molecule has 0 aliphatic carbocycles. The number of rotatable bonds is 6. The van der Waals surface area contributed by atoms with Crippen molar-refractivity contribution in [3.05, 3.63) is 59.3 Å². The van der Waals surface area contributed by atoms with Gasteiger partial charge in [0.05, 0.1) is 6.54 Å². The third-order valence-corrected chi connectivity index (χ3v) is 3.19. The first-order valence-corrected chi connectivity index (χ1v) is 6.80. The lowest BCUT2D eigenvalue weighted by Gasteiger charge is -2.11. The van der Waals surface area contributed by atoms with Gasteiger partial charge < -0.3 is 14.8 Å². The van der Waals surface area contributed by atoms with E-state index in [0.717, 1.165) is 5.56 Å². The molecule has 1 aromatic heterocycles. The van der Waals surface area contributed by atoms with Crippen molar-refractivity contribution < 1.29 is 23.5 Å². The average molecular weight is 305 g/mol. The van der Waals surface area contributed by atoms with E-state index in [4.69, 9.17) is 9.52 Å². The zero-order chi connectivity index (χ0) is 16.1. The van der Waals surface area contributed by atoms with Crippen molar-refractivity contribution in [2.75, 3.05) is 0 Å². The van der Waals surface area contributed by atoms with E-state index in [1.165, 1.54) is 24.3 Å². The van der Waals surface area contributed by atoms with Gasteiger partial charge in [0.2, 0.25) is 11.7 Å². The predicted octanol–water partition coefficient (Wildman–Crippen LogP) is 2.61. The largest absolute Gasteiger partial charge is 0.475 e. The molecule has 0 radical (unpaired) electrons. The summed E-state index contributed by atoms with van der Waals surface area (Å²) in [5.41, 5.74) is 0.744. The first-order valence-electron chi connectivity index (χ1n) is 6.80. The number of furan rings is 1. The molecule has 0 aliphatic rings. The van der Waals surface area contributed by atoms with Crippen molar-refractivity contribution in [2.45, 2.75) is 19.9 Å². The molecule has 1 amide bonds. The number of nitrogens with one attached hydrogen (secondary N) is 1. The van der Waals surface area contributed by atoms with E-state index >= 15 is 0 Å². The van der Waals surface area contributed by atoms with Gasteiger partial charge in [-0.05, 0) is 36.2 Å². The Morgan fingerprint density at radius 1 is 1.32 bits per heavy atom. The third-order valence-electron chi connectivity index (χ3n) is 3.19. The summed E-state index contributed by atoms with van der Waals surface area (Å²) in [5.74, 6) is -1.84. The quantitative estimate of drug-likeness (QED) is 0.859. The molecule has 0 bridgehead atoms. The van der Waals surface area contributed by atoms with Crippen molar-refractivity contribution >= 4 is 11.9 Å². The van der Waals surface area contributed by atoms with Crippen molar-refractivity contribution in [3.8, 4) is 0 Å². The van der Waals surface area contributed by atoms with E-state index in [0.29, 0.717) is 12.2 Å². The SMILES string of the molecule is CC(Cc1cccc(F)c1)C(=O)NCc1ccc(C(=O)O)o1. The van der Waals surface area contributed by atoms with Crippen molar-refractivity contribution in [1.29, 1.82) is 0 Å². The molecule has 22 heavy (non-hydrogen) atoms. The van der Waals surface area contributed by atoms with Gasteiger partial charge in [0.15, 0.2) is 0 Å². The molecule has 2 aromatic rings. The summed E-state index contributed by atoms with van der Waals surface area (Å²) in [4.78, 5) is 22.7. The van der Waals surface area contributed by atoms with Gasteiger partial charge >= 0.3 is 5.97 Å². The highest BCUT2D eigenvalue weighted by atomic mass is 19.1. The van der Waals surface area contributed by atoms with Crippen LogP contribution in [0.1, 0.15) is 28.8 Å². The zero-order valence-electron chi connectivity index (χ0n) is 12.0. The van der Waals surface area contributed by atoms with E-state index in [2.05, 4.69) is 5.32 Å². The molecule has 0 spiro atoms. The second-order valence-electron chi connectivity index (χ2n) is 5.02. The maximum absolute atomic E-state index is 13.1. The molecular weight excluding hydrogens is 289 g/mol. The molecular formula is C16H16FNO4. The lowest BCUT2D eigenvalue weighted by atomic mass is 10.0. The van der Waals surface area contributed by atoms with E-state index in [1.54, 1.807) is 19.1 Å². The molecule has 1 heterocycles. The number of aromatic carboxylic acids is 1. The van der Waals surface area contributed by atoms with Gasteiger partial charge in [-0.15, -0.1) is 0 Å². The van der Waals surface area contributed by atoms with Crippen LogP contribution in [-0.2, 0) is 17.8 Å². The van der Waals surface area contributed by atoms with Crippen LogP contribution in [-0.4, -0.2) is 17.0 Å². The zero-order valence-corrected chi connectivity index (χ0v) is 12.0. The normalized spacial score (nSPS) is 11.9. The number of amides is 1. The molecule has 1 atom stereocenters. The molecule has 6 heteroatoms. The molecule has 0 aliphatic heterocycles. The van der Waals surface area contributed by atoms with Gasteiger partial charge in [-0.3, -0.25) is 4.79 Å². The van der Waals surface area contributed by atoms with Crippen LogP contribution in [0.15, 0.2) is 40.8 Å². The van der Waals surface area contributed by atoms with Crippen LogP contribution in [0, 0.1) is 11.7 Å². The smallest absolute Gasteiger partial charge is 0.371 e. The van der Waals surface area contributed by atoms with E-state index in [9.17, 15) is 14.0 Å². The highest BCUT2D eigenvalue weighted by Crippen LogP contribution is 2.11. The number of halogens is 1. The summed E-state index contributed by atoms with van der Waals surface area (Å²) in [6.45, 7) is 1.85. The monoisotopic (exact) mass is 305 g/mol. The summed E-state index contributed by atoms with van der Waals surface area (Å²) in [6.07, 6.45) is 0.419. The highest BCUT2D eigenvalue weighted by molar-refractivity contribution is 5.84. The van der Waals surface area contributed by atoms with Gasteiger partial charge in [0.1, 0.15) is 11.6 Å². The molecule has 0 saturated heterocycles. The van der Waals surface area contributed by atoms with Crippen LogP contribution in [0.3, 0.4) is 0 Å². The van der Waals surface area contributed by atoms with Gasteiger partial charge in [0, 0.05) is 5.92 Å². The summed E-state index contributed by atoms with van der Waals surface area (Å²) in [7, 11) is 0. The lowest BCUT2D eigenvalue weighted by molar-refractivity contribution is -0.124. The fourth-order valence-electron chi connectivity index (χ4n) is 2.05. The topological polar surface area (TPSA) is 79.5 Å². The molecule has 5 nitrogen and oxygen atoms in total. The number of carboxylic acid groups (broad SMARTS) is 1. The number of hydrogen-bond donors (Lipinski definition) is 2. The summed E-state index contributed by atoms with van der Waals surface area (Å²) < 4.78 is 18.1. The van der Waals surface area contributed by atoms with Gasteiger partial charge in [0.25, 0.3) is 0 Å². The Kier molecular flexibility index (Phi) is 4.93. The maximum atomic E-state index is 13.1. The molecule has 2 N–H and O–H groups in total. The van der Waals surface area contributed by atoms with Crippen molar-refractivity contribution in [2.24, 2.45) is 5.92 Å². The number of carboxylic acids is 1. The van der Waals surface area contributed by atoms with Crippen LogP contribution < -0.4 is 5.32 Å². The van der Waals surface area contributed by atoms with Gasteiger partial charge in [-0.1, -0.05) is 19.1 Å². The third kappa shape index (κ3) is 4.18. The van der Waals surface area contributed by atoms with Crippen LogP contribution >= 0.6 is 0 Å². The Labute approximate surface area is 126 Å². The summed E-state index contributed by atoms with van der Waals surface area (Å²) in [5, 5.41) is 11.4. The van der Waals surface area contributed by atoms with Crippen LogP contribution in [0.2, 0.25) is 0 Å².